The van der Waals surface area contributed by atoms with Crippen molar-refractivity contribution < 1.29 is 0 Å². The van der Waals surface area contributed by atoms with E-state index >= 15 is 0 Å². The minimum absolute atomic E-state index is 0.619. The fraction of sp³-hybridized carbons (Fsp3) is 0.273. The van der Waals surface area contributed by atoms with Gasteiger partial charge in [-0.1, -0.05) is 30.3 Å². The van der Waals surface area contributed by atoms with E-state index in [0.29, 0.717) is 11.8 Å². The standard InChI is InChI=1S/C11H9IN2S/c12-11-13-10(15-14-11)9-6-8(9)7-4-2-1-3-5-7/h1-5,8-9H,6H2. The lowest BCUT2D eigenvalue weighted by atomic mass is 10.1. The van der Waals surface area contributed by atoms with Crippen molar-refractivity contribution in [3.8, 4) is 0 Å². The molecule has 0 aliphatic heterocycles. The molecular formula is C11H9IN2S. The Morgan fingerprint density at radius 2 is 2.00 bits per heavy atom. The summed E-state index contributed by atoms with van der Waals surface area (Å²) >= 11 is 3.72. The van der Waals surface area contributed by atoms with Crippen LogP contribution < -0.4 is 0 Å². The molecule has 0 amide bonds. The average molecular weight is 328 g/mol. The molecule has 1 saturated carbocycles. The van der Waals surface area contributed by atoms with E-state index in [0.717, 1.165) is 3.83 Å². The Bertz CT molecular complexity index is 468. The van der Waals surface area contributed by atoms with Gasteiger partial charge in [0.15, 0.2) is 0 Å². The molecule has 2 aromatic rings. The first kappa shape index (κ1) is 9.72. The minimum Gasteiger partial charge on any atom is -0.215 e. The van der Waals surface area contributed by atoms with Crippen LogP contribution in [0.4, 0.5) is 0 Å². The molecule has 2 atom stereocenters. The molecule has 2 nitrogen and oxygen atoms in total. The van der Waals surface area contributed by atoms with Crippen molar-refractivity contribution in [2.24, 2.45) is 0 Å². The second-order valence-corrected chi connectivity index (χ2v) is 5.51. The van der Waals surface area contributed by atoms with E-state index in [1.807, 2.05) is 0 Å². The van der Waals surface area contributed by atoms with Gasteiger partial charge in [0.05, 0.1) is 0 Å². The fourth-order valence-corrected chi connectivity index (χ4v) is 3.36. The van der Waals surface area contributed by atoms with Crippen LogP contribution in [0, 0.1) is 3.83 Å². The molecule has 0 radical (unpaired) electrons. The number of aromatic nitrogens is 2. The van der Waals surface area contributed by atoms with Gasteiger partial charge < -0.3 is 0 Å². The molecule has 1 aliphatic rings. The zero-order valence-corrected chi connectivity index (χ0v) is 10.9. The molecule has 0 N–H and O–H groups in total. The summed E-state index contributed by atoms with van der Waals surface area (Å²) in [6.45, 7) is 0. The Labute approximate surface area is 106 Å². The van der Waals surface area contributed by atoms with Gasteiger partial charge in [0.25, 0.3) is 0 Å². The molecule has 0 saturated heterocycles. The van der Waals surface area contributed by atoms with Crippen LogP contribution >= 0.6 is 34.1 Å². The summed E-state index contributed by atoms with van der Waals surface area (Å²) in [7, 11) is 0. The molecule has 1 fully saturated rings. The second-order valence-electron chi connectivity index (χ2n) is 3.76. The summed E-state index contributed by atoms with van der Waals surface area (Å²) in [6.07, 6.45) is 1.23. The summed E-state index contributed by atoms with van der Waals surface area (Å²) in [6, 6.07) is 10.7. The Morgan fingerprint density at radius 1 is 1.20 bits per heavy atom. The lowest BCUT2D eigenvalue weighted by molar-refractivity contribution is 0.994. The van der Waals surface area contributed by atoms with Gasteiger partial charge in [0, 0.05) is 28.5 Å². The van der Waals surface area contributed by atoms with E-state index in [-0.39, 0.29) is 0 Å². The second kappa shape index (κ2) is 3.83. The lowest BCUT2D eigenvalue weighted by Crippen LogP contribution is -1.83. The largest absolute Gasteiger partial charge is 0.215 e. The Balaban J connectivity index is 1.80. The molecule has 3 rings (SSSR count). The van der Waals surface area contributed by atoms with Gasteiger partial charge in [-0.2, -0.15) is 4.37 Å². The predicted molar refractivity (Wildman–Crippen MR) is 69.2 cm³/mol. The third-order valence-corrected chi connectivity index (χ3v) is 4.41. The molecule has 2 unspecified atom stereocenters. The lowest BCUT2D eigenvalue weighted by Gasteiger charge is -1.96. The molecule has 1 aromatic carbocycles. The highest BCUT2D eigenvalue weighted by Gasteiger charge is 2.41. The van der Waals surface area contributed by atoms with Crippen LogP contribution in [-0.2, 0) is 0 Å². The highest BCUT2D eigenvalue weighted by molar-refractivity contribution is 14.1. The highest BCUT2D eigenvalue weighted by atomic mass is 127. The molecular weight excluding hydrogens is 319 g/mol. The number of benzene rings is 1. The normalized spacial score (nSPS) is 24.1. The van der Waals surface area contributed by atoms with Crippen LogP contribution in [0.5, 0.6) is 0 Å². The van der Waals surface area contributed by atoms with Gasteiger partial charge in [-0.05, 0) is 29.4 Å². The maximum Gasteiger partial charge on any atom is 0.203 e. The molecule has 1 heterocycles. The molecule has 4 heteroatoms. The Morgan fingerprint density at radius 3 is 2.67 bits per heavy atom. The predicted octanol–water partition coefficient (Wildman–Crippen LogP) is 3.41. The van der Waals surface area contributed by atoms with Crippen LogP contribution in [0.3, 0.4) is 0 Å². The maximum atomic E-state index is 4.44. The minimum atomic E-state index is 0.619. The number of halogens is 1. The monoisotopic (exact) mass is 328 g/mol. The van der Waals surface area contributed by atoms with Gasteiger partial charge in [0.1, 0.15) is 5.01 Å². The smallest absolute Gasteiger partial charge is 0.203 e. The summed E-state index contributed by atoms with van der Waals surface area (Å²) < 4.78 is 5.10. The van der Waals surface area contributed by atoms with Crippen molar-refractivity contribution in [2.75, 3.05) is 0 Å². The summed E-state index contributed by atoms with van der Waals surface area (Å²) in [5.74, 6) is 1.29. The van der Waals surface area contributed by atoms with Crippen molar-refractivity contribution in [1.29, 1.82) is 0 Å². The van der Waals surface area contributed by atoms with Gasteiger partial charge in [-0.3, -0.25) is 0 Å². The van der Waals surface area contributed by atoms with Gasteiger partial charge >= 0.3 is 0 Å². The van der Waals surface area contributed by atoms with E-state index in [1.54, 1.807) is 11.5 Å². The third kappa shape index (κ3) is 1.92. The SMILES string of the molecule is Ic1nsc(C2CC2c2ccccc2)n1. The summed E-state index contributed by atoms with van der Waals surface area (Å²) in [5.41, 5.74) is 1.44. The number of rotatable bonds is 2. The first-order chi connectivity index (χ1) is 7.34. The maximum absolute atomic E-state index is 4.44. The Kier molecular flexibility index (Phi) is 2.48. The number of hydrogen-bond acceptors (Lipinski definition) is 3. The van der Waals surface area contributed by atoms with Crippen LogP contribution in [0.2, 0.25) is 0 Å². The van der Waals surface area contributed by atoms with Gasteiger partial charge in [0.2, 0.25) is 3.83 Å². The van der Waals surface area contributed by atoms with E-state index in [9.17, 15) is 0 Å². The van der Waals surface area contributed by atoms with Crippen LogP contribution in [0.25, 0.3) is 0 Å². The average Bonchev–Trinajstić information content (AvgIpc) is 2.96. The highest BCUT2D eigenvalue weighted by Crippen LogP contribution is 2.54. The quantitative estimate of drug-likeness (QED) is 0.790. The number of nitrogens with zero attached hydrogens (tertiary/aromatic N) is 2. The third-order valence-electron chi connectivity index (χ3n) is 2.75. The molecule has 0 bridgehead atoms. The van der Waals surface area contributed by atoms with E-state index < -0.39 is 0 Å². The van der Waals surface area contributed by atoms with Crippen molar-refractivity contribution in [3.63, 3.8) is 0 Å². The fourth-order valence-electron chi connectivity index (χ4n) is 1.90. The zero-order valence-electron chi connectivity index (χ0n) is 7.93. The van der Waals surface area contributed by atoms with Crippen LogP contribution in [-0.4, -0.2) is 9.36 Å². The first-order valence-corrected chi connectivity index (χ1v) is 6.74. The van der Waals surface area contributed by atoms with Crippen molar-refractivity contribution in [1.82, 2.24) is 9.36 Å². The van der Waals surface area contributed by atoms with Gasteiger partial charge in [-0.25, -0.2) is 4.98 Å². The first-order valence-electron chi connectivity index (χ1n) is 4.88. The van der Waals surface area contributed by atoms with E-state index in [1.165, 1.54) is 17.0 Å². The molecule has 1 aromatic heterocycles. The van der Waals surface area contributed by atoms with Gasteiger partial charge in [-0.15, -0.1) is 0 Å². The zero-order chi connectivity index (χ0) is 10.3. The molecule has 76 valence electrons. The molecule has 0 spiro atoms. The van der Waals surface area contributed by atoms with Crippen LogP contribution in [0.1, 0.15) is 28.8 Å². The number of hydrogen-bond donors (Lipinski definition) is 0. The summed E-state index contributed by atoms with van der Waals surface area (Å²) in [5, 5.41) is 1.20. The van der Waals surface area contributed by atoms with Crippen molar-refractivity contribution in [2.45, 2.75) is 18.3 Å². The summed E-state index contributed by atoms with van der Waals surface area (Å²) in [4.78, 5) is 4.44. The molecule has 1 aliphatic carbocycles. The Hall–Kier alpha value is -0.490. The van der Waals surface area contributed by atoms with E-state index in [2.05, 4.69) is 62.3 Å². The van der Waals surface area contributed by atoms with Crippen molar-refractivity contribution >= 4 is 34.1 Å². The van der Waals surface area contributed by atoms with E-state index in [4.69, 9.17) is 0 Å². The topological polar surface area (TPSA) is 25.8 Å². The van der Waals surface area contributed by atoms with Crippen molar-refractivity contribution in [3.05, 3.63) is 44.7 Å². The van der Waals surface area contributed by atoms with Crippen LogP contribution in [0.15, 0.2) is 30.3 Å². The molecule has 15 heavy (non-hydrogen) atoms.